The van der Waals surface area contributed by atoms with Crippen molar-refractivity contribution in [2.24, 2.45) is 10.9 Å². The van der Waals surface area contributed by atoms with Gasteiger partial charge in [-0.2, -0.15) is 13.2 Å². The third-order valence-electron chi connectivity index (χ3n) is 2.66. The van der Waals surface area contributed by atoms with E-state index < -0.39 is 17.5 Å². The van der Waals surface area contributed by atoms with Crippen LogP contribution in [0, 0.1) is 5.92 Å². The van der Waals surface area contributed by atoms with E-state index in [1.807, 2.05) is 0 Å². The molecule has 0 bridgehead atoms. The first kappa shape index (κ1) is 12.9. The van der Waals surface area contributed by atoms with Gasteiger partial charge in [0, 0.05) is 24.2 Å². The SMILES string of the molecule is Oc1cc(C(F)(F)F)ccc1/C=N/CC1COC1. The molecule has 18 heavy (non-hydrogen) atoms. The van der Waals surface area contributed by atoms with Crippen LogP contribution >= 0.6 is 0 Å². The van der Waals surface area contributed by atoms with Crippen molar-refractivity contribution in [1.29, 1.82) is 0 Å². The smallest absolute Gasteiger partial charge is 0.416 e. The highest BCUT2D eigenvalue weighted by atomic mass is 19.4. The van der Waals surface area contributed by atoms with E-state index in [4.69, 9.17) is 4.74 Å². The number of ether oxygens (including phenoxy) is 1. The summed E-state index contributed by atoms with van der Waals surface area (Å²) >= 11 is 0. The van der Waals surface area contributed by atoms with E-state index in [0.717, 1.165) is 6.07 Å². The lowest BCUT2D eigenvalue weighted by Crippen LogP contribution is -2.29. The number of hydrogen-bond donors (Lipinski definition) is 1. The lowest BCUT2D eigenvalue weighted by molar-refractivity contribution is -0.137. The summed E-state index contributed by atoms with van der Waals surface area (Å²) in [5.74, 6) is -0.0451. The molecule has 1 saturated heterocycles. The first-order valence-electron chi connectivity index (χ1n) is 5.44. The Labute approximate surface area is 102 Å². The van der Waals surface area contributed by atoms with Crippen LogP contribution < -0.4 is 0 Å². The van der Waals surface area contributed by atoms with Crippen LogP contribution in [0.3, 0.4) is 0 Å². The van der Waals surface area contributed by atoms with Gasteiger partial charge in [-0.25, -0.2) is 0 Å². The van der Waals surface area contributed by atoms with E-state index in [9.17, 15) is 18.3 Å². The van der Waals surface area contributed by atoms with Gasteiger partial charge < -0.3 is 9.84 Å². The molecule has 0 aliphatic carbocycles. The van der Waals surface area contributed by atoms with Crippen LogP contribution in [0.25, 0.3) is 0 Å². The second kappa shape index (κ2) is 4.97. The van der Waals surface area contributed by atoms with Gasteiger partial charge >= 0.3 is 6.18 Å². The summed E-state index contributed by atoms with van der Waals surface area (Å²) in [5.41, 5.74) is -0.590. The largest absolute Gasteiger partial charge is 0.507 e. The first-order chi connectivity index (χ1) is 8.47. The Morgan fingerprint density at radius 3 is 2.61 bits per heavy atom. The molecule has 1 aromatic rings. The highest BCUT2D eigenvalue weighted by Gasteiger charge is 2.30. The van der Waals surface area contributed by atoms with Gasteiger partial charge in [-0.3, -0.25) is 4.99 Å². The summed E-state index contributed by atoms with van der Waals surface area (Å²) in [6, 6.07) is 2.83. The summed E-state index contributed by atoms with van der Waals surface area (Å²) in [6.45, 7) is 1.88. The predicted octanol–water partition coefficient (Wildman–Crippen LogP) is 2.48. The van der Waals surface area contributed by atoms with E-state index in [-0.39, 0.29) is 5.56 Å². The lowest BCUT2D eigenvalue weighted by Gasteiger charge is -2.23. The fourth-order valence-corrected chi connectivity index (χ4v) is 1.52. The minimum atomic E-state index is -4.45. The lowest BCUT2D eigenvalue weighted by atomic mass is 10.1. The molecule has 1 aromatic carbocycles. The molecule has 1 aliphatic heterocycles. The predicted molar refractivity (Wildman–Crippen MR) is 59.9 cm³/mol. The molecule has 98 valence electrons. The van der Waals surface area contributed by atoms with Crippen LogP contribution in [-0.2, 0) is 10.9 Å². The number of phenolic OH excluding ortho intramolecular Hbond substituents is 1. The number of halogens is 3. The molecule has 6 heteroatoms. The minimum absolute atomic E-state index is 0.281. The Bertz CT molecular complexity index is 453. The van der Waals surface area contributed by atoms with Crippen LogP contribution in [0.4, 0.5) is 13.2 Å². The summed E-state index contributed by atoms with van der Waals surface area (Å²) in [6.07, 6.45) is -3.07. The normalized spacial score (nSPS) is 17.1. The quantitative estimate of drug-likeness (QED) is 0.847. The van der Waals surface area contributed by atoms with Gasteiger partial charge in [-0.05, 0) is 18.2 Å². The van der Waals surface area contributed by atoms with Crippen molar-refractivity contribution >= 4 is 6.21 Å². The molecule has 1 heterocycles. The fraction of sp³-hybridized carbons (Fsp3) is 0.417. The molecule has 3 nitrogen and oxygen atoms in total. The number of benzene rings is 1. The van der Waals surface area contributed by atoms with Crippen molar-refractivity contribution in [1.82, 2.24) is 0 Å². The number of aromatic hydroxyl groups is 1. The average molecular weight is 259 g/mol. The standard InChI is InChI=1S/C12H12F3NO2/c13-12(14,15)10-2-1-9(11(17)3-10)5-16-4-8-6-18-7-8/h1-3,5,8,17H,4,6-7H2/b16-5+. The maximum Gasteiger partial charge on any atom is 0.416 e. The second-order valence-corrected chi connectivity index (χ2v) is 4.17. The van der Waals surface area contributed by atoms with E-state index in [1.165, 1.54) is 12.3 Å². The van der Waals surface area contributed by atoms with Gasteiger partial charge in [-0.15, -0.1) is 0 Å². The third-order valence-corrected chi connectivity index (χ3v) is 2.66. The summed E-state index contributed by atoms with van der Waals surface area (Å²) in [7, 11) is 0. The number of phenols is 1. The molecule has 0 amide bonds. The molecule has 0 spiro atoms. The van der Waals surface area contributed by atoms with Gasteiger partial charge in [0.2, 0.25) is 0 Å². The zero-order valence-electron chi connectivity index (χ0n) is 9.44. The molecule has 0 saturated carbocycles. The van der Waals surface area contributed by atoms with E-state index in [1.54, 1.807) is 0 Å². The van der Waals surface area contributed by atoms with Crippen molar-refractivity contribution in [2.75, 3.05) is 19.8 Å². The molecule has 0 radical (unpaired) electrons. The molecular formula is C12H12F3NO2. The summed E-state index contributed by atoms with van der Waals surface area (Å²) < 4.78 is 42.0. The van der Waals surface area contributed by atoms with E-state index >= 15 is 0 Å². The van der Waals surface area contributed by atoms with Crippen molar-refractivity contribution in [3.8, 4) is 5.75 Å². The third kappa shape index (κ3) is 3.01. The number of hydrogen-bond acceptors (Lipinski definition) is 3. The van der Waals surface area contributed by atoms with Crippen LogP contribution in [-0.4, -0.2) is 31.1 Å². The van der Waals surface area contributed by atoms with Crippen LogP contribution in [0.2, 0.25) is 0 Å². The molecule has 0 unspecified atom stereocenters. The highest BCUT2D eigenvalue weighted by Crippen LogP contribution is 2.32. The minimum Gasteiger partial charge on any atom is -0.507 e. The Hall–Kier alpha value is -1.56. The Morgan fingerprint density at radius 1 is 1.39 bits per heavy atom. The van der Waals surface area contributed by atoms with E-state index in [0.29, 0.717) is 31.7 Å². The topological polar surface area (TPSA) is 41.8 Å². The second-order valence-electron chi connectivity index (χ2n) is 4.17. The monoisotopic (exact) mass is 259 g/mol. The van der Waals surface area contributed by atoms with Crippen LogP contribution in [0.5, 0.6) is 5.75 Å². The summed E-state index contributed by atoms with van der Waals surface area (Å²) in [5, 5.41) is 9.48. The average Bonchev–Trinajstić information content (AvgIpc) is 2.22. The van der Waals surface area contributed by atoms with Crippen molar-refractivity contribution in [3.63, 3.8) is 0 Å². The van der Waals surface area contributed by atoms with Gasteiger partial charge in [0.25, 0.3) is 0 Å². The molecule has 2 rings (SSSR count). The van der Waals surface area contributed by atoms with Crippen LogP contribution in [0.1, 0.15) is 11.1 Å². The van der Waals surface area contributed by atoms with Crippen molar-refractivity contribution < 1.29 is 23.0 Å². The van der Waals surface area contributed by atoms with Gasteiger partial charge in [-0.1, -0.05) is 0 Å². The maximum atomic E-state index is 12.4. The molecular weight excluding hydrogens is 247 g/mol. The maximum absolute atomic E-state index is 12.4. The molecule has 1 N–H and O–H groups in total. The Kier molecular flexibility index (Phi) is 3.56. The molecule has 0 atom stereocenters. The number of alkyl halides is 3. The van der Waals surface area contributed by atoms with Gasteiger partial charge in [0.15, 0.2) is 0 Å². The first-order valence-corrected chi connectivity index (χ1v) is 5.44. The number of aliphatic imine (C=N–C) groups is 1. The number of nitrogens with zero attached hydrogens (tertiary/aromatic N) is 1. The van der Waals surface area contributed by atoms with Gasteiger partial charge in [0.05, 0.1) is 18.8 Å². The molecule has 0 aromatic heterocycles. The summed E-state index contributed by atoms with van der Waals surface area (Å²) in [4.78, 5) is 4.07. The van der Waals surface area contributed by atoms with Crippen LogP contribution in [0.15, 0.2) is 23.2 Å². The molecule has 1 fully saturated rings. The zero-order chi connectivity index (χ0) is 13.2. The highest BCUT2D eigenvalue weighted by molar-refractivity contribution is 5.83. The van der Waals surface area contributed by atoms with E-state index in [2.05, 4.69) is 4.99 Å². The Morgan fingerprint density at radius 2 is 2.11 bits per heavy atom. The number of rotatable bonds is 3. The fourth-order valence-electron chi connectivity index (χ4n) is 1.52. The zero-order valence-corrected chi connectivity index (χ0v) is 9.44. The Balaban J connectivity index is 2.04. The van der Waals surface area contributed by atoms with Crippen molar-refractivity contribution in [3.05, 3.63) is 29.3 Å². The van der Waals surface area contributed by atoms with Gasteiger partial charge in [0.1, 0.15) is 5.75 Å². The molecule has 1 aliphatic rings. The van der Waals surface area contributed by atoms with Crippen molar-refractivity contribution in [2.45, 2.75) is 6.18 Å².